The zero-order valence-electron chi connectivity index (χ0n) is 14.1. The van der Waals surface area contributed by atoms with Gasteiger partial charge >= 0.3 is 0 Å². The van der Waals surface area contributed by atoms with Gasteiger partial charge < -0.3 is 5.73 Å². The molecule has 0 aliphatic heterocycles. The van der Waals surface area contributed by atoms with E-state index in [1.807, 2.05) is 19.9 Å². The summed E-state index contributed by atoms with van der Waals surface area (Å²) >= 11 is 0. The molecule has 0 spiro atoms. The average Bonchev–Trinajstić information content (AvgIpc) is 2.62. The van der Waals surface area contributed by atoms with Gasteiger partial charge in [-0.2, -0.15) is 10.4 Å². The highest BCUT2D eigenvalue weighted by Crippen LogP contribution is 2.29. The van der Waals surface area contributed by atoms with Crippen molar-refractivity contribution in [1.82, 2.24) is 19.7 Å². The number of halogens is 1. The van der Waals surface area contributed by atoms with Crippen molar-refractivity contribution in [3.05, 3.63) is 58.3 Å². The highest BCUT2D eigenvalue weighted by molar-refractivity contribution is 5.77. The molecule has 26 heavy (non-hydrogen) atoms. The Labute approximate surface area is 148 Å². The van der Waals surface area contributed by atoms with Crippen molar-refractivity contribution in [2.75, 3.05) is 5.73 Å². The quantitative estimate of drug-likeness (QED) is 0.777. The van der Waals surface area contributed by atoms with Gasteiger partial charge in [0.15, 0.2) is 11.5 Å². The number of anilines is 1. The Kier molecular flexibility index (Phi) is 4.45. The van der Waals surface area contributed by atoms with Gasteiger partial charge in [-0.05, 0) is 44.2 Å². The molecule has 0 atom stereocenters. The van der Waals surface area contributed by atoms with Gasteiger partial charge in [0.1, 0.15) is 29.0 Å². The van der Waals surface area contributed by atoms with Gasteiger partial charge in [-0.3, -0.25) is 4.79 Å². The number of hydrogen-bond acceptors (Lipinski definition) is 6. The maximum Gasteiger partial charge on any atom is 0.267 e. The monoisotopic (exact) mass is 350 g/mol. The van der Waals surface area contributed by atoms with Crippen molar-refractivity contribution in [2.45, 2.75) is 19.9 Å². The SMILES string of the molecule is CC(C)n1nc(-c2nc(C#N)c(N)nc2-c2ccc(F)cc2)ccc1=O. The van der Waals surface area contributed by atoms with Gasteiger partial charge in [0.05, 0.1) is 6.04 Å². The molecule has 0 radical (unpaired) electrons. The molecule has 0 aliphatic carbocycles. The minimum Gasteiger partial charge on any atom is -0.381 e. The summed E-state index contributed by atoms with van der Waals surface area (Å²) in [6.45, 7) is 3.66. The average molecular weight is 350 g/mol. The van der Waals surface area contributed by atoms with Crippen LogP contribution in [0.15, 0.2) is 41.2 Å². The molecule has 3 aromatic rings. The molecule has 0 bridgehead atoms. The van der Waals surface area contributed by atoms with E-state index in [-0.39, 0.29) is 28.8 Å². The molecule has 7 nitrogen and oxygen atoms in total. The van der Waals surface area contributed by atoms with E-state index in [4.69, 9.17) is 5.73 Å². The van der Waals surface area contributed by atoms with Gasteiger partial charge in [-0.25, -0.2) is 19.0 Å². The summed E-state index contributed by atoms with van der Waals surface area (Å²) in [5.74, 6) is -0.427. The number of aromatic nitrogens is 4. The van der Waals surface area contributed by atoms with Crippen LogP contribution in [0.1, 0.15) is 25.6 Å². The van der Waals surface area contributed by atoms with Crippen LogP contribution in [0, 0.1) is 17.1 Å². The van der Waals surface area contributed by atoms with Gasteiger partial charge in [-0.15, -0.1) is 0 Å². The van der Waals surface area contributed by atoms with Crippen molar-refractivity contribution in [1.29, 1.82) is 5.26 Å². The molecular formula is C18H15FN6O. The normalized spacial score (nSPS) is 10.7. The van der Waals surface area contributed by atoms with Crippen LogP contribution in [-0.4, -0.2) is 19.7 Å². The number of hydrogen-bond donors (Lipinski definition) is 1. The van der Waals surface area contributed by atoms with E-state index in [0.29, 0.717) is 17.0 Å². The van der Waals surface area contributed by atoms with Crippen molar-refractivity contribution in [3.8, 4) is 28.7 Å². The first-order valence-corrected chi connectivity index (χ1v) is 7.84. The summed E-state index contributed by atoms with van der Waals surface area (Å²) in [7, 11) is 0. The minimum atomic E-state index is -0.392. The molecule has 130 valence electrons. The van der Waals surface area contributed by atoms with Gasteiger partial charge in [0.2, 0.25) is 0 Å². The van der Waals surface area contributed by atoms with Crippen LogP contribution in [0.5, 0.6) is 0 Å². The fraction of sp³-hybridized carbons (Fsp3) is 0.167. The number of nitrogens with two attached hydrogens (primary N) is 1. The summed E-state index contributed by atoms with van der Waals surface area (Å²) < 4.78 is 14.6. The van der Waals surface area contributed by atoms with Crippen LogP contribution in [0.25, 0.3) is 22.6 Å². The summed E-state index contributed by atoms with van der Waals surface area (Å²) in [6.07, 6.45) is 0. The Morgan fingerprint density at radius 2 is 1.81 bits per heavy atom. The van der Waals surface area contributed by atoms with E-state index < -0.39 is 5.82 Å². The van der Waals surface area contributed by atoms with Crippen LogP contribution < -0.4 is 11.3 Å². The fourth-order valence-electron chi connectivity index (χ4n) is 2.44. The van der Waals surface area contributed by atoms with E-state index in [9.17, 15) is 14.4 Å². The number of benzene rings is 1. The zero-order chi connectivity index (χ0) is 18.8. The van der Waals surface area contributed by atoms with Crippen molar-refractivity contribution >= 4 is 5.82 Å². The maximum absolute atomic E-state index is 13.3. The van der Waals surface area contributed by atoms with Crippen LogP contribution in [0.4, 0.5) is 10.2 Å². The summed E-state index contributed by atoms with van der Waals surface area (Å²) in [5, 5.41) is 13.5. The second-order valence-electron chi connectivity index (χ2n) is 5.87. The van der Waals surface area contributed by atoms with E-state index in [0.717, 1.165) is 0 Å². The van der Waals surface area contributed by atoms with Crippen LogP contribution in [-0.2, 0) is 0 Å². The maximum atomic E-state index is 13.3. The Balaban J connectivity index is 2.29. The zero-order valence-corrected chi connectivity index (χ0v) is 14.1. The molecule has 0 unspecified atom stereocenters. The number of nitrogens with zero attached hydrogens (tertiary/aromatic N) is 5. The van der Waals surface area contributed by atoms with Gasteiger partial charge in [0, 0.05) is 11.6 Å². The predicted molar refractivity (Wildman–Crippen MR) is 94.4 cm³/mol. The Morgan fingerprint density at radius 1 is 1.12 bits per heavy atom. The highest BCUT2D eigenvalue weighted by Gasteiger charge is 2.18. The lowest BCUT2D eigenvalue weighted by atomic mass is 10.1. The van der Waals surface area contributed by atoms with Gasteiger partial charge in [-0.1, -0.05) is 0 Å². The van der Waals surface area contributed by atoms with Gasteiger partial charge in [0.25, 0.3) is 5.56 Å². The third-order valence-electron chi connectivity index (χ3n) is 3.70. The molecule has 0 saturated carbocycles. The Morgan fingerprint density at radius 3 is 2.42 bits per heavy atom. The summed E-state index contributed by atoms with van der Waals surface area (Å²) in [4.78, 5) is 20.5. The molecule has 2 N–H and O–H groups in total. The lowest BCUT2D eigenvalue weighted by molar-refractivity contribution is 0.504. The van der Waals surface area contributed by atoms with Crippen molar-refractivity contribution < 1.29 is 4.39 Å². The minimum absolute atomic E-state index is 0.0345. The third-order valence-corrected chi connectivity index (χ3v) is 3.70. The molecule has 0 saturated heterocycles. The fourth-order valence-corrected chi connectivity index (χ4v) is 2.44. The van der Waals surface area contributed by atoms with E-state index in [2.05, 4.69) is 15.1 Å². The molecule has 2 aromatic heterocycles. The lowest BCUT2D eigenvalue weighted by Crippen LogP contribution is -2.24. The largest absolute Gasteiger partial charge is 0.381 e. The van der Waals surface area contributed by atoms with E-state index in [1.54, 1.807) is 0 Å². The molecule has 3 rings (SSSR count). The second-order valence-corrected chi connectivity index (χ2v) is 5.87. The molecule has 8 heteroatoms. The number of nitrogen functional groups attached to an aromatic ring is 1. The third kappa shape index (κ3) is 3.15. The van der Waals surface area contributed by atoms with E-state index >= 15 is 0 Å². The topological polar surface area (TPSA) is 110 Å². The summed E-state index contributed by atoms with van der Waals surface area (Å²) in [5.41, 5.74) is 7.07. The standard InChI is InChI=1S/C18H15FN6O/c1-10(2)25-15(26)8-7-13(24-25)17-16(11-3-5-12(19)6-4-11)23-18(21)14(9-20)22-17/h3-8,10H,1-2H3,(H2,21,23). The molecule has 0 amide bonds. The van der Waals surface area contributed by atoms with Crippen LogP contribution >= 0.6 is 0 Å². The Hall–Kier alpha value is -3.60. The van der Waals surface area contributed by atoms with Crippen LogP contribution in [0.3, 0.4) is 0 Å². The second kappa shape index (κ2) is 6.72. The molecule has 0 aliphatic rings. The summed E-state index contributed by atoms with van der Waals surface area (Å²) in [6, 6.07) is 10.3. The molecule has 0 fully saturated rings. The first-order chi connectivity index (χ1) is 12.4. The number of rotatable bonds is 3. The first-order valence-electron chi connectivity index (χ1n) is 7.84. The lowest BCUT2D eigenvalue weighted by Gasteiger charge is -2.13. The smallest absolute Gasteiger partial charge is 0.267 e. The van der Waals surface area contributed by atoms with E-state index in [1.165, 1.54) is 41.1 Å². The highest BCUT2D eigenvalue weighted by atomic mass is 19.1. The predicted octanol–water partition coefficient (Wildman–Crippen LogP) is 2.54. The molecule has 1 aromatic carbocycles. The van der Waals surface area contributed by atoms with Crippen molar-refractivity contribution in [2.24, 2.45) is 0 Å². The number of nitriles is 1. The molecule has 2 heterocycles. The Bertz CT molecular complexity index is 1070. The molecular weight excluding hydrogens is 335 g/mol. The van der Waals surface area contributed by atoms with Crippen molar-refractivity contribution in [3.63, 3.8) is 0 Å². The first kappa shape index (κ1) is 17.2. The van der Waals surface area contributed by atoms with Crippen LogP contribution in [0.2, 0.25) is 0 Å².